The van der Waals surface area contributed by atoms with Crippen LogP contribution in [0.4, 0.5) is 30.7 Å². The molecule has 0 fully saturated rings. The lowest BCUT2D eigenvalue weighted by Crippen LogP contribution is -2.50. The zero-order chi connectivity index (χ0) is 15.9. The van der Waals surface area contributed by atoms with Crippen molar-refractivity contribution in [1.29, 1.82) is 0 Å². The quantitative estimate of drug-likeness (QED) is 0.487. The summed E-state index contributed by atoms with van der Waals surface area (Å²) >= 11 is 0.650. The highest BCUT2D eigenvalue weighted by Gasteiger charge is 2.74. The van der Waals surface area contributed by atoms with Crippen LogP contribution in [-0.2, 0) is 13.0 Å². The Morgan fingerprint density at radius 2 is 1.65 bits per heavy atom. The summed E-state index contributed by atoms with van der Waals surface area (Å²) < 4.78 is 89.2. The summed E-state index contributed by atoms with van der Waals surface area (Å²) in [6.45, 7) is 0. The van der Waals surface area contributed by atoms with Gasteiger partial charge in [0.25, 0.3) is 5.56 Å². The van der Waals surface area contributed by atoms with Crippen LogP contribution < -0.4 is 5.56 Å². The number of halogens is 7. The molecule has 0 spiro atoms. The lowest BCUT2D eigenvalue weighted by molar-refractivity contribution is -0.360. The fraction of sp³-hybridized carbons (Fsp3) is 0.556. The molecule has 0 N–H and O–H groups in total. The van der Waals surface area contributed by atoms with Gasteiger partial charge in [0, 0.05) is 13.1 Å². The summed E-state index contributed by atoms with van der Waals surface area (Å²) in [7, 11) is 1.12. The monoisotopic (exact) mass is 324 g/mol. The van der Waals surface area contributed by atoms with Crippen molar-refractivity contribution >= 4 is 11.8 Å². The van der Waals surface area contributed by atoms with Crippen molar-refractivity contribution in [2.75, 3.05) is 6.26 Å². The van der Waals surface area contributed by atoms with Gasteiger partial charge in [-0.2, -0.15) is 30.7 Å². The van der Waals surface area contributed by atoms with E-state index < -0.39 is 34.4 Å². The molecule has 0 amide bonds. The van der Waals surface area contributed by atoms with Crippen molar-refractivity contribution in [3.05, 3.63) is 22.1 Å². The van der Waals surface area contributed by atoms with Gasteiger partial charge in [-0.15, -0.1) is 0 Å². The van der Waals surface area contributed by atoms with Crippen LogP contribution in [0.3, 0.4) is 0 Å². The molecule has 0 radical (unpaired) electrons. The number of alkyl halides is 7. The van der Waals surface area contributed by atoms with Gasteiger partial charge in [-0.1, -0.05) is 11.8 Å². The van der Waals surface area contributed by atoms with E-state index in [0.717, 1.165) is 11.6 Å². The van der Waals surface area contributed by atoms with E-state index in [9.17, 15) is 35.5 Å². The van der Waals surface area contributed by atoms with Gasteiger partial charge >= 0.3 is 18.0 Å². The molecule has 0 saturated heterocycles. The lowest BCUT2D eigenvalue weighted by Gasteiger charge is -2.27. The van der Waals surface area contributed by atoms with Gasteiger partial charge < -0.3 is 0 Å². The van der Waals surface area contributed by atoms with Gasteiger partial charge in [-0.05, 0) is 6.26 Å². The summed E-state index contributed by atoms with van der Waals surface area (Å²) in [6, 6.07) is -0.0423. The zero-order valence-electron chi connectivity index (χ0n) is 9.93. The Morgan fingerprint density at radius 1 is 1.15 bits per heavy atom. The second-order valence-electron chi connectivity index (χ2n) is 3.67. The largest absolute Gasteiger partial charge is 0.460 e. The summed E-state index contributed by atoms with van der Waals surface area (Å²) in [6.07, 6.45) is -5.18. The third-order valence-electron chi connectivity index (χ3n) is 2.35. The van der Waals surface area contributed by atoms with E-state index in [2.05, 4.69) is 4.98 Å². The van der Waals surface area contributed by atoms with Crippen LogP contribution in [0.2, 0.25) is 0 Å². The first-order valence-electron chi connectivity index (χ1n) is 4.81. The standard InChI is InChI=1S/C9H7F7N2OS/c1-18-5(19)3-4(17-6(18)20-2)7(10,11)8(12,13)9(14,15)16/h3H,1-2H3. The van der Waals surface area contributed by atoms with Crippen LogP contribution in [0.5, 0.6) is 0 Å². The Morgan fingerprint density at radius 3 is 2.05 bits per heavy atom. The van der Waals surface area contributed by atoms with Crippen molar-refractivity contribution in [2.24, 2.45) is 7.05 Å². The molecule has 0 aliphatic carbocycles. The summed E-state index contributed by atoms with van der Waals surface area (Å²) in [5, 5.41) is -0.412. The number of rotatable bonds is 3. The van der Waals surface area contributed by atoms with Gasteiger partial charge in [-0.3, -0.25) is 9.36 Å². The maximum Gasteiger partial charge on any atom is 0.460 e. The number of aromatic nitrogens is 2. The van der Waals surface area contributed by atoms with Crippen molar-refractivity contribution in [1.82, 2.24) is 9.55 Å². The molecule has 11 heteroatoms. The fourth-order valence-corrected chi connectivity index (χ4v) is 1.75. The maximum atomic E-state index is 13.4. The average Bonchev–Trinajstić information content (AvgIpc) is 2.30. The Labute approximate surface area is 111 Å². The van der Waals surface area contributed by atoms with Crippen LogP contribution >= 0.6 is 11.8 Å². The minimum atomic E-state index is -6.47. The van der Waals surface area contributed by atoms with Crippen LogP contribution in [0.25, 0.3) is 0 Å². The van der Waals surface area contributed by atoms with Crippen LogP contribution in [0.1, 0.15) is 5.69 Å². The van der Waals surface area contributed by atoms with E-state index in [0.29, 0.717) is 11.8 Å². The molecule has 20 heavy (non-hydrogen) atoms. The minimum absolute atomic E-state index is 0.0423. The zero-order valence-corrected chi connectivity index (χ0v) is 10.8. The Balaban J connectivity index is 3.51. The predicted octanol–water partition coefficient (Wildman–Crippen LogP) is 2.79. The molecule has 1 aromatic heterocycles. The molecule has 0 saturated carbocycles. The van der Waals surface area contributed by atoms with Crippen molar-refractivity contribution in [2.45, 2.75) is 23.2 Å². The third kappa shape index (κ3) is 2.50. The van der Waals surface area contributed by atoms with Crippen molar-refractivity contribution in [3.8, 4) is 0 Å². The minimum Gasteiger partial charge on any atom is -0.291 e. The summed E-state index contributed by atoms with van der Waals surface area (Å²) in [5.74, 6) is -12.0. The molecule has 114 valence electrons. The third-order valence-corrected chi connectivity index (χ3v) is 3.08. The second-order valence-corrected chi connectivity index (χ2v) is 4.45. The molecule has 0 aliphatic rings. The molecule has 0 aromatic carbocycles. The smallest absolute Gasteiger partial charge is 0.291 e. The SMILES string of the molecule is CSc1nc(C(F)(F)C(F)(F)C(F)(F)F)cc(=O)n1C. The highest BCUT2D eigenvalue weighted by molar-refractivity contribution is 7.98. The van der Waals surface area contributed by atoms with E-state index in [-0.39, 0.29) is 6.07 Å². The topological polar surface area (TPSA) is 34.9 Å². The summed E-state index contributed by atoms with van der Waals surface area (Å²) in [4.78, 5) is 14.3. The van der Waals surface area contributed by atoms with E-state index in [1.54, 1.807) is 0 Å². The molecule has 0 aliphatic heterocycles. The highest BCUT2D eigenvalue weighted by atomic mass is 32.2. The number of nitrogens with zero attached hydrogens (tertiary/aromatic N) is 2. The fourth-order valence-electron chi connectivity index (χ4n) is 1.20. The van der Waals surface area contributed by atoms with Crippen molar-refractivity contribution in [3.63, 3.8) is 0 Å². The lowest BCUT2D eigenvalue weighted by atomic mass is 10.1. The number of thioether (sulfide) groups is 1. The maximum absolute atomic E-state index is 13.4. The normalized spacial score (nSPS) is 13.7. The van der Waals surface area contributed by atoms with Gasteiger partial charge in [0.2, 0.25) is 0 Å². The Bertz CT molecular complexity index is 566. The first kappa shape index (κ1) is 16.8. The van der Waals surface area contributed by atoms with Gasteiger partial charge in [0.1, 0.15) is 5.69 Å². The average molecular weight is 324 g/mol. The van der Waals surface area contributed by atoms with Gasteiger partial charge in [0.05, 0.1) is 0 Å². The van der Waals surface area contributed by atoms with Gasteiger partial charge in [-0.25, -0.2) is 4.98 Å². The van der Waals surface area contributed by atoms with Crippen LogP contribution in [0, 0.1) is 0 Å². The van der Waals surface area contributed by atoms with Crippen LogP contribution in [0.15, 0.2) is 16.0 Å². The molecule has 1 aromatic rings. The Kier molecular flexibility index (Phi) is 4.14. The molecule has 0 unspecified atom stereocenters. The number of hydrogen-bond acceptors (Lipinski definition) is 3. The van der Waals surface area contributed by atoms with E-state index >= 15 is 0 Å². The summed E-state index contributed by atoms with van der Waals surface area (Å²) in [5.41, 5.74) is -3.09. The van der Waals surface area contributed by atoms with Gasteiger partial charge in [0.15, 0.2) is 5.16 Å². The molecule has 0 bridgehead atoms. The Hall–Kier alpha value is -1.26. The molecule has 0 atom stereocenters. The molecule has 1 rings (SSSR count). The predicted molar refractivity (Wildman–Crippen MR) is 56.2 cm³/mol. The molecule has 1 heterocycles. The number of hydrogen-bond donors (Lipinski definition) is 0. The van der Waals surface area contributed by atoms with Crippen molar-refractivity contribution < 1.29 is 30.7 Å². The second kappa shape index (κ2) is 4.93. The first-order chi connectivity index (χ1) is 8.86. The van der Waals surface area contributed by atoms with E-state index in [1.807, 2.05) is 0 Å². The molecule has 3 nitrogen and oxygen atoms in total. The van der Waals surface area contributed by atoms with E-state index in [4.69, 9.17) is 0 Å². The molecular weight excluding hydrogens is 317 g/mol. The highest BCUT2D eigenvalue weighted by Crippen LogP contribution is 2.51. The van der Waals surface area contributed by atoms with E-state index in [1.165, 1.54) is 6.26 Å². The van der Waals surface area contributed by atoms with Crippen LogP contribution in [-0.4, -0.2) is 27.9 Å². The first-order valence-corrected chi connectivity index (χ1v) is 6.03. The molecular formula is C9H7F7N2OS.